The highest BCUT2D eigenvalue weighted by Crippen LogP contribution is 2.30. The van der Waals surface area contributed by atoms with Gasteiger partial charge in [0.1, 0.15) is 30.3 Å². The van der Waals surface area contributed by atoms with Crippen LogP contribution in [0.2, 0.25) is 0 Å². The largest absolute Gasteiger partial charge is 0.496 e. The lowest BCUT2D eigenvalue weighted by Gasteiger charge is -2.30. The van der Waals surface area contributed by atoms with Crippen molar-refractivity contribution >= 4 is 17.8 Å². The van der Waals surface area contributed by atoms with Gasteiger partial charge < -0.3 is 19.7 Å². The molecular formula is C25H25FN4O4. The van der Waals surface area contributed by atoms with Crippen LogP contribution in [-0.2, 0) is 16.1 Å². The first-order chi connectivity index (χ1) is 16.5. The monoisotopic (exact) mass is 464 g/mol. The van der Waals surface area contributed by atoms with Crippen molar-refractivity contribution in [3.8, 4) is 17.0 Å². The SMILES string of the molecule is COc1cc(F)ccc1-c1cc(NC(=O)C2CCN(C(=O)OCc3ccccc3)CC2)ncn1. The van der Waals surface area contributed by atoms with E-state index >= 15 is 0 Å². The number of aromatic nitrogens is 2. The van der Waals surface area contributed by atoms with Crippen LogP contribution in [0.25, 0.3) is 11.3 Å². The van der Waals surface area contributed by atoms with E-state index in [1.165, 1.54) is 25.6 Å². The van der Waals surface area contributed by atoms with Crippen LogP contribution < -0.4 is 10.1 Å². The quantitative estimate of drug-likeness (QED) is 0.585. The van der Waals surface area contributed by atoms with Gasteiger partial charge in [0.05, 0.1) is 12.8 Å². The highest BCUT2D eigenvalue weighted by Gasteiger charge is 2.28. The Hall–Kier alpha value is -4.01. The fraction of sp³-hybridized carbons (Fsp3) is 0.280. The van der Waals surface area contributed by atoms with E-state index in [0.717, 1.165) is 5.56 Å². The highest BCUT2D eigenvalue weighted by atomic mass is 19.1. The van der Waals surface area contributed by atoms with Crippen LogP contribution in [0.3, 0.4) is 0 Å². The average Bonchev–Trinajstić information content (AvgIpc) is 2.88. The number of halogens is 1. The third kappa shape index (κ3) is 5.67. The molecule has 1 N–H and O–H groups in total. The Morgan fingerprint density at radius 1 is 1.09 bits per heavy atom. The van der Waals surface area contributed by atoms with Gasteiger partial charge in [0.25, 0.3) is 0 Å². The van der Waals surface area contributed by atoms with E-state index in [0.29, 0.717) is 48.8 Å². The van der Waals surface area contributed by atoms with Gasteiger partial charge >= 0.3 is 6.09 Å². The van der Waals surface area contributed by atoms with Gasteiger partial charge in [-0.3, -0.25) is 4.79 Å². The first-order valence-corrected chi connectivity index (χ1v) is 11.0. The van der Waals surface area contributed by atoms with Crippen molar-refractivity contribution in [1.29, 1.82) is 0 Å². The van der Waals surface area contributed by atoms with Crippen molar-refractivity contribution in [3.05, 3.63) is 72.3 Å². The van der Waals surface area contributed by atoms with E-state index in [9.17, 15) is 14.0 Å². The number of anilines is 1. The molecule has 4 rings (SSSR count). The van der Waals surface area contributed by atoms with E-state index in [1.807, 2.05) is 30.3 Å². The summed E-state index contributed by atoms with van der Waals surface area (Å²) in [5, 5.41) is 2.82. The summed E-state index contributed by atoms with van der Waals surface area (Å²) < 4.78 is 24.1. The predicted octanol–water partition coefficient (Wildman–Crippen LogP) is 4.28. The predicted molar refractivity (Wildman–Crippen MR) is 124 cm³/mol. The minimum atomic E-state index is -0.418. The molecule has 0 atom stereocenters. The Morgan fingerprint density at radius 2 is 1.85 bits per heavy atom. The molecule has 0 bridgehead atoms. The molecule has 1 aliphatic heterocycles. The fourth-order valence-electron chi connectivity index (χ4n) is 3.81. The molecule has 8 nitrogen and oxygen atoms in total. The molecular weight excluding hydrogens is 439 g/mol. The number of amides is 2. The number of piperidine rings is 1. The van der Waals surface area contributed by atoms with Gasteiger partial charge in [-0.15, -0.1) is 0 Å². The topological polar surface area (TPSA) is 93.7 Å². The number of hydrogen-bond acceptors (Lipinski definition) is 6. The second-order valence-corrected chi connectivity index (χ2v) is 7.92. The third-order valence-electron chi connectivity index (χ3n) is 5.69. The van der Waals surface area contributed by atoms with Crippen LogP contribution in [-0.4, -0.2) is 47.1 Å². The van der Waals surface area contributed by atoms with E-state index in [1.54, 1.807) is 17.0 Å². The smallest absolute Gasteiger partial charge is 0.410 e. The summed E-state index contributed by atoms with van der Waals surface area (Å²) in [4.78, 5) is 35.1. The van der Waals surface area contributed by atoms with Crippen LogP contribution in [0.1, 0.15) is 18.4 Å². The average molecular weight is 464 g/mol. The molecule has 1 aromatic heterocycles. The number of methoxy groups -OCH3 is 1. The molecule has 0 aliphatic carbocycles. The van der Waals surface area contributed by atoms with Crippen molar-refractivity contribution in [3.63, 3.8) is 0 Å². The maximum atomic E-state index is 13.5. The molecule has 2 heterocycles. The van der Waals surface area contributed by atoms with Crippen LogP contribution in [0.15, 0.2) is 60.9 Å². The first-order valence-electron chi connectivity index (χ1n) is 11.0. The molecule has 0 spiro atoms. The minimum Gasteiger partial charge on any atom is -0.496 e. The van der Waals surface area contributed by atoms with Crippen molar-refractivity contribution in [2.24, 2.45) is 5.92 Å². The van der Waals surface area contributed by atoms with E-state index in [-0.39, 0.29) is 24.5 Å². The molecule has 34 heavy (non-hydrogen) atoms. The van der Waals surface area contributed by atoms with Crippen molar-refractivity contribution in [2.75, 3.05) is 25.5 Å². The number of hydrogen-bond donors (Lipinski definition) is 1. The fourth-order valence-corrected chi connectivity index (χ4v) is 3.81. The van der Waals surface area contributed by atoms with Crippen molar-refractivity contribution in [2.45, 2.75) is 19.4 Å². The molecule has 9 heteroatoms. The molecule has 176 valence electrons. The summed E-state index contributed by atoms with van der Waals surface area (Å²) in [5.41, 5.74) is 2.01. The summed E-state index contributed by atoms with van der Waals surface area (Å²) in [7, 11) is 1.45. The minimum absolute atomic E-state index is 0.173. The Labute approximate surface area is 196 Å². The van der Waals surface area contributed by atoms with Gasteiger partial charge in [0.2, 0.25) is 5.91 Å². The summed E-state index contributed by atoms with van der Waals surface area (Å²) in [6, 6.07) is 15.3. The molecule has 3 aromatic rings. The van der Waals surface area contributed by atoms with Gasteiger partial charge in [-0.1, -0.05) is 30.3 Å². The number of carbonyl (C=O) groups excluding carboxylic acids is 2. The second-order valence-electron chi connectivity index (χ2n) is 7.92. The number of nitrogens with one attached hydrogen (secondary N) is 1. The first kappa shape index (κ1) is 23.2. The molecule has 0 radical (unpaired) electrons. The van der Waals surface area contributed by atoms with Gasteiger partial charge in [-0.25, -0.2) is 19.2 Å². The molecule has 0 unspecified atom stereocenters. The third-order valence-corrected chi connectivity index (χ3v) is 5.69. The molecule has 1 aliphatic rings. The molecule has 2 amide bonds. The van der Waals surface area contributed by atoms with Gasteiger partial charge in [0.15, 0.2) is 0 Å². The summed E-state index contributed by atoms with van der Waals surface area (Å²) in [6.45, 7) is 1.09. The Balaban J connectivity index is 1.31. The van der Waals surface area contributed by atoms with Crippen molar-refractivity contribution in [1.82, 2.24) is 14.9 Å². The van der Waals surface area contributed by atoms with Crippen LogP contribution in [0.4, 0.5) is 15.0 Å². The number of nitrogens with zero attached hydrogens (tertiary/aromatic N) is 3. The number of benzene rings is 2. The zero-order valence-corrected chi connectivity index (χ0v) is 18.7. The standard InChI is InChI=1S/C25H25FN4O4/c1-33-22-13-19(26)7-8-20(22)21-14-23(28-16-27-21)29-24(31)18-9-11-30(12-10-18)25(32)34-15-17-5-3-2-4-6-17/h2-8,13-14,16,18H,9-12,15H2,1H3,(H,27,28,29,31). The zero-order valence-electron chi connectivity index (χ0n) is 18.7. The van der Waals surface area contributed by atoms with Gasteiger partial charge in [-0.05, 0) is 30.5 Å². The lowest BCUT2D eigenvalue weighted by molar-refractivity contribution is -0.121. The lowest BCUT2D eigenvalue weighted by atomic mass is 9.96. The van der Waals surface area contributed by atoms with E-state index in [2.05, 4.69) is 15.3 Å². The molecule has 0 saturated carbocycles. The van der Waals surface area contributed by atoms with Crippen molar-refractivity contribution < 1.29 is 23.5 Å². The highest BCUT2D eigenvalue weighted by molar-refractivity contribution is 5.92. The number of likely N-dealkylation sites (tertiary alicyclic amines) is 1. The Bertz CT molecular complexity index is 1150. The summed E-state index contributed by atoms with van der Waals surface area (Å²) in [6.07, 6.45) is 2.00. The Morgan fingerprint density at radius 3 is 2.59 bits per heavy atom. The van der Waals surface area contributed by atoms with Crippen LogP contribution in [0, 0.1) is 11.7 Å². The maximum Gasteiger partial charge on any atom is 0.410 e. The summed E-state index contributed by atoms with van der Waals surface area (Å²) >= 11 is 0. The lowest BCUT2D eigenvalue weighted by Crippen LogP contribution is -2.41. The molecule has 1 fully saturated rings. The van der Waals surface area contributed by atoms with E-state index in [4.69, 9.17) is 9.47 Å². The maximum absolute atomic E-state index is 13.5. The number of carbonyl (C=O) groups is 2. The Kier molecular flexibility index (Phi) is 7.31. The summed E-state index contributed by atoms with van der Waals surface area (Å²) in [5.74, 6) is -0.169. The van der Waals surface area contributed by atoms with Crippen LogP contribution in [0.5, 0.6) is 5.75 Å². The van der Waals surface area contributed by atoms with Gasteiger partial charge in [-0.2, -0.15) is 0 Å². The zero-order chi connectivity index (χ0) is 23.9. The molecule has 2 aromatic carbocycles. The van der Waals surface area contributed by atoms with Gasteiger partial charge in [0, 0.05) is 36.7 Å². The van der Waals surface area contributed by atoms with E-state index < -0.39 is 5.82 Å². The number of ether oxygens (including phenoxy) is 2. The molecule has 1 saturated heterocycles. The second kappa shape index (κ2) is 10.7. The normalized spacial score (nSPS) is 13.9. The number of rotatable bonds is 6. The van der Waals surface area contributed by atoms with Crippen LogP contribution >= 0.6 is 0 Å².